The molecule has 0 aliphatic heterocycles. The SMILES string of the molecule is Cl.N=C(N)c1ccc(CNC(=O)c2cccc3cc(C(N)(C(=O)O)C(=O)c4cccc5cccnc45)ccc23)cc1. The van der Waals surface area contributed by atoms with Gasteiger partial charge in [-0.2, -0.15) is 0 Å². The summed E-state index contributed by atoms with van der Waals surface area (Å²) in [5.41, 5.74) is 11.8. The summed E-state index contributed by atoms with van der Waals surface area (Å²) in [7, 11) is 0. The van der Waals surface area contributed by atoms with Crippen molar-refractivity contribution in [1.82, 2.24) is 10.3 Å². The molecule has 0 bridgehead atoms. The number of halogens is 1. The molecule has 0 radical (unpaired) electrons. The van der Waals surface area contributed by atoms with Crippen LogP contribution in [0.15, 0.2) is 97.2 Å². The van der Waals surface area contributed by atoms with Crippen molar-refractivity contribution in [2.24, 2.45) is 11.5 Å². The van der Waals surface area contributed by atoms with Crippen LogP contribution in [0.3, 0.4) is 0 Å². The normalized spacial score (nSPS) is 12.2. The van der Waals surface area contributed by atoms with Gasteiger partial charge < -0.3 is 21.9 Å². The Morgan fingerprint density at radius 2 is 1.54 bits per heavy atom. The molecule has 1 amide bonds. The molecule has 0 aliphatic carbocycles. The summed E-state index contributed by atoms with van der Waals surface area (Å²) in [6.45, 7) is 0.254. The Kier molecular flexibility index (Phi) is 8.13. The van der Waals surface area contributed by atoms with Gasteiger partial charge in [-0.1, -0.05) is 66.7 Å². The molecule has 10 heteroatoms. The fraction of sp³-hybridized carbons (Fsp3) is 0.0645. The summed E-state index contributed by atoms with van der Waals surface area (Å²) < 4.78 is 0. The van der Waals surface area contributed by atoms with Gasteiger partial charge in [0.2, 0.25) is 11.3 Å². The van der Waals surface area contributed by atoms with Crippen molar-refractivity contribution in [2.75, 3.05) is 0 Å². The van der Waals surface area contributed by atoms with Crippen LogP contribution in [0.4, 0.5) is 0 Å². The first-order valence-corrected chi connectivity index (χ1v) is 12.4. The predicted octanol–water partition coefficient (Wildman–Crippen LogP) is 4.15. The maximum absolute atomic E-state index is 13.7. The van der Waals surface area contributed by atoms with Crippen LogP contribution in [-0.2, 0) is 16.9 Å². The highest BCUT2D eigenvalue weighted by Gasteiger charge is 2.45. The van der Waals surface area contributed by atoms with E-state index < -0.39 is 17.3 Å². The third kappa shape index (κ3) is 5.36. The number of nitrogen functional groups attached to an aromatic ring is 1. The van der Waals surface area contributed by atoms with E-state index in [1.54, 1.807) is 72.8 Å². The van der Waals surface area contributed by atoms with Gasteiger partial charge in [0, 0.05) is 34.8 Å². The first kappa shape index (κ1) is 28.9. The molecule has 9 nitrogen and oxygen atoms in total. The average molecular weight is 568 g/mol. The quantitative estimate of drug-likeness (QED) is 0.0810. The summed E-state index contributed by atoms with van der Waals surface area (Å²) in [6.07, 6.45) is 1.53. The zero-order valence-electron chi connectivity index (χ0n) is 21.6. The number of carboxylic acid groups (broad SMARTS) is 1. The first-order valence-electron chi connectivity index (χ1n) is 12.4. The highest BCUT2D eigenvalue weighted by molar-refractivity contribution is 6.20. The van der Waals surface area contributed by atoms with Gasteiger partial charge in [0.05, 0.1) is 5.52 Å². The van der Waals surface area contributed by atoms with Crippen LogP contribution in [-0.4, -0.2) is 33.6 Å². The minimum Gasteiger partial charge on any atom is -0.479 e. The van der Waals surface area contributed by atoms with Crippen molar-refractivity contribution in [3.8, 4) is 0 Å². The molecule has 0 saturated heterocycles. The number of hydrogen-bond acceptors (Lipinski definition) is 6. The molecule has 7 N–H and O–H groups in total. The Balaban J connectivity index is 0.00000387. The summed E-state index contributed by atoms with van der Waals surface area (Å²) >= 11 is 0. The Hall–Kier alpha value is -5.12. The molecule has 206 valence electrons. The van der Waals surface area contributed by atoms with E-state index in [0.29, 0.717) is 32.8 Å². The number of fused-ring (bicyclic) bond motifs is 2. The van der Waals surface area contributed by atoms with Crippen molar-refractivity contribution < 1.29 is 19.5 Å². The zero-order valence-corrected chi connectivity index (χ0v) is 22.4. The number of aliphatic carboxylic acids is 1. The lowest BCUT2D eigenvalue weighted by atomic mass is 9.82. The highest BCUT2D eigenvalue weighted by atomic mass is 35.5. The molecule has 1 aromatic heterocycles. The van der Waals surface area contributed by atoms with E-state index in [1.165, 1.54) is 24.4 Å². The Morgan fingerprint density at radius 1 is 0.878 bits per heavy atom. The van der Waals surface area contributed by atoms with E-state index >= 15 is 0 Å². The number of nitrogens with zero attached hydrogens (tertiary/aromatic N) is 1. The van der Waals surface area contributed by atoms with E-state index in [-0.39, 0.29) is 41.8 Å². The van der Waals surface area contributed by atoms with Crippen molar-refractivity contribution in [1.29, 1.82) is 5.41 Å². The molecule has 4 aromatic carbocycles. The standard InChI is InChI=1S/C31H25N5O4.ClH/c32-28(33)20-11-9-18(10-12-20)17-36-29(38)24-7-2-5-21-16-22(13-14-23(21)24)31(34,30(39)40)27(37)25-8-1-4-19-6-3-15-35-26(19)25;/h1-16H,17,34H2,(H3,32,33)(H,36,38)(H,39,40);1H. The topological polar surface area (TPSA) is 172 Å². The molecule has 1 heterocycles. The number of ketones is 1. The van der Waals surface area contributed by atoms with Gasteiger partial charge in [0.1, 0.15) is 5.84 Å². The smallest absolute Gasteiger partial charge is 0.336 e. The van der Waals surface area contributed by atoms with Crippen molar-refractivity contribution in [3.05, 3.63) is 125 Å². The van der Waals surface area contributed by atoms with Crippen LogP contribution in [0.2, 0.25) is 0 Å². The molecule has 5 aromatic rings. The third-order valence-corrected chi connectivity index (χ3v) is 6.87. The molecule has 0 spiro atoms. The van der Waals surface area contributed by atoms with Crippen LogP contribution in [0.1, 0.15) is 37.4 Å². The second-order valence-corrected chi connectivity index (χ2v) is 9.36. The Bertz CT molecular complexity index is 1820. The van der Waals surface area contributed by atoms with Crippen LogP contribution in [0, 0.1) is 5.41 Å². The van der Waals surface area contributed by atoms with Crippen molar-refractivity contribution in [2.45, 2.75) is 12.1 Å². The fourth-order valence-corrected chi connectivity index (χ4v) is 4.66. The Labute approximate surface area is 241 Å². The van der Waals surface area contributed by atoms with Crippen LogP contribution < -0.4 is 16.8 Å². The Morgan fingerprint density at radius 3 is 2.22 bits per heavy atom. The maximum Gasteiger partial charge on any atom is 0.336 e. The zero-order chi connectivity index (χ0) is 28.4. The van der Waals surface area contributed by atoms with E-state index in [0.717, 1.165) is 5.56 Å². The van der Waals surface area contributed by atoms with Gasteiger partial charge in [0.15, 0.2) is 0 Å². The molecule has 5 rings (SSSR count). The van der Waals surface area contributed by atoms with Gasteiger partial charge in [-0.05, 0) is 46.2 Å². The number of benzene rings is 4. The molecular formula is C31H26ClN5O4. The van der Waals surface area contributed by atoms with Crippen LogP contribution in [0.5, 0.6) is 0 Å². The number of pyridine rings is 1. The lowest BCUT2D eigenvalue weighted by Crippen LogP contribution is -2.52. The lowest BCUT2D eigenvalue weighted by molar-refractivity contribution is -0.141. The maximum atomic E-state index is 13.7. The van der Waals surface area contributed by atoms with E-state index in [1.807, 2.05) is 0 Å². The minimum atomic E-state index is -2.38. The summed E-state index contributed by atoms with van der Waals surface area (Å²) in [4.78, 5) is 43.5. The number of hydrogen-bond donors (Lipinski definition) is 5. The van der Waals surface area contributed by atoms with E-state index in [4.69, 9.17) is 16.9 Å². The number of carbonyl (C=O) groups excluding carboxylic acids is 2. The average Bonchev–Trinajstić information content (AvgIpc) is 2.98. The number of aromatic nitrogens is 1. The highest BCUT2D eigenvalue weighted by Crippen LogP contribution is 2.30. The fourth-order valence-electron chi connectivity index (χ4n) is 4.66. The number of para-hydroxylation sites is 1. The second kappa shape index (κ2) is 11.5. The lowest BCUT2D eigenvalue weighted by Gasteiger charge is -2.25. The van der Waals surface area contributed by atoms with E-state index in [2.05, 4.69) is 10.3 Å². The molecule has 1 atom stereocenters. The largest absolute Gasteiger partial charge is 0.479 e. The molecule has 0 saturated carbocycles. The monoisotopic (exact) mass is 567 g/mol. The van der Waals surface area contributed by atoms with Crippen molar-refractivity contribution >= 4 is 57.6 Å². The van der Waals surface area contributed by atoms with Gasteiger partial charge >= 0.3 is 5.97 Å². The van der Waals surface area contributed by atoms with Crippen molar-refractivity contribution in [3.63, 3.8) is 0 Å². The van der Waals surface area contributed by atoms with Crippen LogP contribution in [0.25, 0.3) is 21.7 Å². The van der Waals surface area contributed by atoms with E-state index in [9.17, 15) is 19.5 Å². The molecule has 41 heavy (non-hydrogen) atoms. The first-order chi connectivity index (χ1) is 19.2. The number of amides is 1. The molecule has 1 unspecified atom stereocenters. The molecule has 0 fully saturated rings. The third-order valence-electron chi connectivity index (χ3n) is 6.87. The minimum absolute atomic E-state index is 0. The number of nitrogens with one attached hydrogen (secondary N) is 2. The number of amidine groups is 1. The molecular weight excluding hydrogens is 542 g/mol. The van der Waals surface area contributed by atoms with Gasteiger partial charge in [-0.25, -0.2) is 4.79 Å². The second-order valence-electron chi connectivity index (χ2n) is 9.36. The summed E-state index contributed by atoms with van der Waals surface area (Å²) in [5, 5.41) is 22.3. The molecule has 0 aliphatic rings. The summed E-state index contributed by atoms with van der Waals surface area (Å²) in [6, 6.07) is 25.1. The van der Waals surface area contributed by atoms with Gasteiger partial charge in [-0.15, -0.1) is 12.4 Å². The van der Waals surface area contributed by atoms with Gasteiger partial charge in [0.25, 0.3) is 5.91 Å². The number of carboxylic acids is 1. The summed E-state index contributed by atoms with van der Waals surface area (Å²) in [5.74, 6) is -2.67. The number of carbonyl (C=O) groups is 3. The van der Waals surface area contributed by atoms with Crippen LogP contribution >= 0.6 is 12.4 Å². The number of rotatable bonds is 8. The predicted molar refractivity (Wildman–Crippen MR) is 159 cm³/mol. The van der Waals surface area contributed by atoms with Gasteiger partial charge in [-0.3, -0.25) is 20.0 Å². The number of nitrogens with two attached hydrogens (primary N) is 2. The number of Topliss-reactive ketones (excluding diaryl/α,β-unsaturated/α-hetero) is 1.